The van der Waals surface area contributed by atoms with Crippen molar-refractivity contribution in [2.45, 2.75) is 25.7 Å². The molecule has 2 amide bonds. The van der Waals surface area contributed by atoms with Gasteiger partial charge in [0, 0.05) is 19.2 Å². The van der Waals surface area contributed by atoms with Crippen LogP contribution in [0.1, 0.15) is 31.4 Å². The van der Waals surface area contributed by atoms with Gasteiger partial charge in [-0.1, -0.05) is 12.2 Å². The largest absolute Gasteiger partial charge is 0.440 e. The lowest BCUT2D eigenvalue weighted by Gasteiger charge is -2.25. The number of amides is 2. The molecule has 3 heterocycles. The van der Waals surface area contributed by atoms with Crippen molar-refractivity contribution in [3.63, 3.8) is 0 Å². The van der Waals surface area contributed by atoms with E-state index in [4.69, 9.17) is 4.42 Å². The standard InChI is InChI=1S/C19H21N3O3/c23-18-16-12-4-5-13(10-12)17(16)19(24)22(18)20-11-14-6-7-15(25-14)21-8-2-1-3-9-21/h4-7,11-13,16-17H,1-3,8-10H2. The average Bonchev–Trinajstić information content (AvgIpc) is 3.40. The number of carbonyl (C=O) groups excluding carboxylic acids is 2. The Balaban J connectivity index is 1.32. The lowest BCUT2D eigenvalue weighted by atomic mass is 9.85. The Morgan fingerprint density at radius 2 is 1.68 bits per heavy atom. The molecule has 3 fully saturated rings. The van der Waals surface area contributed by atoms with Gasteiger partial charge in [0.2, 0.25) is 0 Å². The highest BCUT2D eigenvalue weighted by Crippen LogP contribution is 2.52. The summed E-state index contributed by atoms with van der Waals surface area (Å²) in [5.41, 5.74) is 0. The molecule has 6 heteroatoms. The SMILES string of the molecule is O=C1C2C3C=CC(C3)C2C(=O)N1N=Cc1ccc(N2CCCCC2)o1. The maximum absolute atomic E-state index is 12.6. The number of nitrogens with zero attached hydrogens (tertiary/aromatic N) is 3. The molecule has 25 heavy (non-hydrogen) atoms. The van der Waals surface area contributed by atoms with Crippen molar-refractivity contribution in [1.82, 2.24) is 5.01 Å². The van der Waals surface area contributed by atoms with Gasteiger partial charge in [-0.05, 0) is 43.6 Å². The van der Waals surface area contributed by atoms with E-state index in [2.05, 4.69) is 22.2 Å². The predicted octanol–water partition coefficient (Wildman–Crippen LogP) is 2.41. The molecule has 0 radical (unpaired) electrons. The van der Waals surface area contributed by atoms with Crippen LogP contribution in [0.5, 0.6) is 0 Å². The molecule has 130 valence electrons. The number of hydrogen-bond donors (Lipinski definition) is 0. The zero-order valence-electron chi connectivity index (χ0n) is 14.0. The Labute approximate surface area is 146 Å². The van der Waals surface area contributed by atoms with Crippen LogP contribution in [-0.2, 0) is 9.59 Å². The lowest BCUT2D eigenvalue weighted by molar-refractivity contribution is -0.140. The Morgan fingerprint density at radius 1 is 1.00 bits per heavy atom. The first-order valence-corrected chi connectivity index (χ1v) is 9.17. The maximum Gasteiger partial charge on any atom is 0.254 e. The second kappa shape index (κ2) is 5.58. The Kier molecular flexibility index (Phi) is 3.33. The molecule has 2 saturated heterocycles. The molecule has 0 aromatic carbocycles. The van der Waals surface area contributed by atoms with E-state index in [-0.39, 0.29) is 35.5 Å². The van der Waals surface area contributed by atoms with Crippen molar-refractivity contribution >= 4 is 23.9 Å². The number of carbonyl (C=O) groups is 2. The van der Waals surface area contributed by atoms with Gasteiger partial charge in [-0.3, -0.25) is 9.59 Å². The van der Waals surface area contributed by atoms with Crippen LogP contribution in [0.25, 0.3) is 0 Å². The fourth-order valence-electron chi connectivity index (χ4n) is 4.81. The van der Waals surface area contributed by atoms with Crippen LogP contribution in [0.3, 0.4) is 0 Å². The lowest BCUT2D eigenvalue weighted by Crippen LogP contribution is -2.28. The van der Waals surface area contributed by atoms with Crippen LogP contribution in [0.2, 0.25) is 0 Å². The topological polar surface area (TPSA) is 66.1 Å². The molecule has 6 nitrogen and oxygen atoms in total. The maximum atomic E-state index is 12.6. The van der Waals surface area contributed by atoms with Crippen molar-refractivity contribution < 1.29 is 14.0 Å². The zero-order chi connectivity index (χ0) is 17.0. The molecule has 2 bridgehead atoms. The van der Waals surface area contributed by atoms with E-state index in [1.165, 1.54) is 25.5 Å². The molecular formula is C19H21N3O3. The average molecular weight is 339 g/mol. The van der Waals surface area contributed by atoms with Gasteiger partial charge in [0.05, 0.1) is 18.1 Å². The molecule has 1 aromatic heterocycles. The summed E-state index contributed by atoms with van der Waals surface area (Å²) in [6, 6.07) is 3.77. The normalized spacial score (nSPS) is 33.9. The van der Waals surface area contributed by atoms with Crippen molar-refractivity contribution in [3.8, 4) is 0 Å². The fraction of sp³-hybridized carbons (Fsp3) is 0.526. The first-order valence-electron chi connectivity index (χ1n) is 9.17. The summed E-state index contributed by atoms with van der Waals surface area (Å²) in [5, 5.41) is 5.22. The minimum absolute atomic E-state index is 0.161. The first-order chi connectivity index (χ1) is 12.2. The van der Waals surface area contributed by atoms with Crippen molar-refractivity contribution in [2.75, 3.05) is 18.0 Å². The third kappa shape index (κ3) is 2.27. The van der Waals surface area contributed by atoms with Crippen LogP contribution in [0, 0.1) is 23.7 Å². The van der Waals surface area contributed by atoms with Crippen LogP contribution in [-0.4, -0.2) is 36.1 Å². The van der Waals surface area contributed by atoms with E-state index >= 15 is 0 Å². The molecule has 2 aliphatic carbocycles. The Morgan fingerprint density at radius 3 is 2.36 bits per heavy atom. The van der Waals surface area contributed by atoms with E-state index < -0.39 is 0 Å². The highest BCUT2D eigenvalue weighted by molar-refractivity contribution is 6.06. The van der Waals surface area contributed by atoms with Gasteiger partial charge in [0.25, 0.3) is 11.8 Å². The van der Waals surface area contributed by atoms with Gasteiger partial charge < -0.3 is 9.32 Å². The molecule has 4 aliphatic rings. The van der Waals surface area contributed by atoms with Crippen molar-refractivity contribution in [2.24, 2.45) is 28.8 Å². The van der Waals surface area contributed by atoms with Gasteiger partial charge in [0.15, 0.2) is 5.88 Å². The molecule has 2 aliphatic heterocycles. The zero-order valence-corrected chi connectivity index (χ0v) is 14.0. The quantitative estimate of drug-likeness (QED) is 0.482. The number of fused-ring (bicyclic) bond motifs is 5. The molecule has 0 spiro atoms. The number of allylic oxidation sites excluding steroid dienone is 2. The monoisotopic (exact) mass is 339 g/mol. The summed E-state index contributed by atoms with van der Waals surface area (Å²) in [4.78, 5) is 27.4. The van der Waals surface area contributed by atoms with Crippen LogP contribution in [0.4, 0.5) is 5.88 Å². The summed E-state index contributed by atoms with van der Waals surface area (Å²) >= 11 is 0. The summed E-state index contributed by atoms with van der Waals surface area (Å²) in [7, 11) is 0. The van der Waals surface area contributed by atoms with Crippen LogP contribution < -0.4 is 4.90 Å². The first kappa shape index (κ1) is 14.9. The third-order valence-corrected chi connectivity index (χ3v) is 6.03. The number of piperidine rings is 1. The molecular weight excluding hydrogens is 318 g/mol. The highest BCUT2D eigenvalue weighted by atomic mass is 16.4. The number of furan rings is 1. The molecule has 0 N–H and O–H groups in total. The van der Waals surface area contributed by atoms with E-state index in [1.807, 2.05) is 12.1 Å². The number of rotatable bonds is 3. The van der Waals surface area contributed by atoms with Crippen LogP contribution >= 0.6 is 0 Å². The number of imide groups is 1. The number of anilines is 1. The smallest absolute Gasteiger partial charge is 0.254 e. The Hall–Kier alpha value is -2.37. The van der Waals surface area contributed by atoms with Crippen LogP contribution in [0.15, 0.2) is 33.8 Å². The fourth-order valence-corrected chi connectivity index (χ4v) is 4.81. The van der Waals surface area contributed by atoms with Gasteiger partial charge in [-0.25, -0.2) is 0 Å². The van der Waals surface area contributed by atoms with Gasteiger partial charge in [-0.15, -0.1) is 0 Å². The number of hydrazone groups is 1. The third-order valence-electron chi connectivity index (χ3n) is 6.03. The van der Waals surface area contributed by atoms with Gasteiger partial charge >= 0.3 is 0 Å². The summed E-state index contributed by atoms with van der Waals surface area (Å²) < 4.78 is 5.82. The molecule has 1 saturated carbocycles. The van der Waals surface area contributed by atoms with E-state index in [0.717, 1.165) is 30.4 Å². The highest BCUT2D eigenvalue weighted by Gasteiger charge is 2.59. The minimum atomic E-state index is -0.208. The van der Waals surface area contributed by atoms with Gasteiger partial charge in [-0.2, -0.15) is 10.1 Å². The van der Waals surface area contributed by atoms with E-state index in [9.17, 15) is 9.59 Å². The van der Waals surface area contributed by atoms with E-state index in [0.29, 0.717) is 5.76 Å². The summed E-state index contributed by atoms with van der Waals surface area (Å²) in [6.07, 6.45) is 10.2. The number of hydrogen-bond acceptors (Lipinski definition) is 5. The molecule has 5 rings (SSSR count). The second-order valence-corrected chi connectivity index (χ2v) is 7.46. The minimum Gasteiger partial charge on any atom is -0.440 e. The van der Waals surface area contributed by atoms with E-state index in [1.54, 1.807) is 0 Å². The molecule has 4 unspecified atom stereocenters. The summed E-state index contributed by atoms with van der Waals surface area (Å²) in [6.45, 7) is 2.01. The second-order valence-electron chi connectivity index (χ2n) is 7.46. The Bertz CT molecular complexity index is 745. The van der Waals surface area contributed by atoms with Crippen molar-refractivity contribution in [3.05, 3.63) is 30.0 Å². The molecule has 4 atom stereocenters. The van der Waals surface area contributed by atoms with Crippen molar-refractivity contribution in [1.29, 1.82) is 0 Å². The predicted molar refractivity (Wildman–Crippen MR) is 91.9 cm³/mol. The molecule has 1 aromatic rings. The summed E-state index contributed by atoms with van der Waals surface area (Å²) in [5.74, 6) is 1.08. The van der Waals surface area contributed by atoms with Gasteiger partial charge in [0.1, 0.15) is 5.76 Å².